The fourth-order valence-electron chi connectivity index (χ4n) is 3.17. The van der Waals surface area contributed by atoms with Crippen LogP contribution in [0, 0.1) is 11.8 Å². The number of rotatable bonds is 6. The second kappa shape index (κ2) is 7.79. The first-order chi connectivity index (χ1) is 9.70. The SMILES string of the molecule is CCOC(=O)[C@H]1CC[C@@H](N)C[C@@H]1CCCc1cccs1. The third-order valence-electron chi connectivity index (χ3n) is 4.19. The molecule has 1 aliphatic carbocycles. The van der Waals surface area contributed by atoms with Crippen molar-refractivity contribution < 1.29 is 9.53 Å². The van der Waals surface area contributed by atoms with Crippen molar-refractivity contribution in [1.29, 1.82) is 0 Å². The van der Waals surface area contributed by atoms with Crippen molar-refractivity contribution in [3.05, 3.63) is 22.4 Å². The van der Waals surface area contributed by atoms with Gasteiger partial charge in [0.25, 0.3) is 0 Å². The van der Waals surface area contributed by atoms with Gasteiger partial charge in [-0.1, -0.05) is 6.07 Å². The van der Waals surface area contributed by atoms with Crippen LogP contribution in [0.2, 0.25) is 0 Å². The number of hydrogen-bond donors (Lipinski definition) is 1. The van der Waals surface area contributed by atoms with E-state index in [-0.39, 0.29) is 17.9 Å². The van der Waals surface area contributed by atoms with Crippen LogP contribution in [0.25, 0.3) is 0 Å². The zero-order valence-electron chi connectivity index (χ0n) is 12.2. The molecule has 112 valence electrons. The monoisotopic (exact) mass is 295 g/mol. The van der Waals surface area contributed by atoms with E-state index >= 15 is 0 Å². The van der Waals surface area contributed by atoms with Gasteiger partial charge in [-0.25, -0.2) is 0 Å². The van der Waals surface area contributed by atoms with Gasteiger partial charge in [0.05, 0.1) is 12.5 Å². The van der Waals surface area contributed by atoms with E-state index in [1.165, 1.54) is 4.88 Å². The Morgan fingerprint density at radius 2 is 2.35 bits per heavy atom. The Morgan fingerprint density at radius 1 is 1.50 bits per heavy atom. The first kappa shape index (κ1) is 15.5. The summed E-state index contributed by atoms with van der Waals surface area (Å²) < 4.78 is 5.22. The van der Waals surface area contributed by atoms with E-state index in [1.807, 2.05) is 18.3 Å². The van der Waals surface area contributed by atoms with Gasteiger partial charge in [0, 0.05) is 10.9 Å². The fourth-order valence-corrected chi connectivity index (χ4v) is 3.92. The lowest BCUT2D eigenvalue weighted by Gasteiger charge is -2.33. The predicted molar refractivity (Wildman–Crippen MR) is 82.7 cm³/mol. The van der Waals surface area contributed by atoms with Gasteiger partial charge >= 0.3 is 5.97 Å². The largest absolute Gasteiger partial charge is 0.466 e. The van der Waals surface area contributed by atoms with Gasteiger partial charge in [-0.2, -0.15) is 0 Å². The topological polar surface area (TPSA) is 52.3 Å². The summed E-state index contributed by atoms with van der Waals surface area (Å²) in [5.74, 6) is 0.455. The summed E-state index contributed by atoms with van der Waals surface area (Å²) in [5, 5.41) is 2.12. The molecule has 0 unspecified atom stereocenters. The first-order valence-corrected chi connectivity index (χ1v) is 8.53. The highest BCUT2D eigenvalue weighted by molar-refractivity contribution is 7.09. The predicted octanol–water partition coefficient (Wildman–Crippen LogP) is 3.38. The number of nitrogens with two attached hydrogens (primary N) is 1. The molecule has 1 heterocycles. The lowest BCUT2D eigenvalue weighted by Crippen LogP contribution is -2.37. The van der Waals surface area contributed by atoms with Crippen molar-refractivity contribution in [2.75, 3.05) is 6.61 Å². The Kier molecular flexibility index (Phi) is 6.05. The Bertz CT molecular complexity index is 405. The van der Waals surface area contributed by atoms with E-state index in [2.05, 4.69) is 17.5 Å². The molecule has 1 saturated carbocycles. The van der Waals surface area contributed by atoms with Gasteiger partial charge in [-0.05, 0) is 62.8 Å². The minimum atomic E-state index is -0.0134. The number of ether oxygens (including phenoxy) is 1. The molecular formula is C16H25NO2S. The lowest BCUT2D eigenvalue weighted by molar-refractivity contribution is -0.151. The van der Waals surface area contributed by atoms with Crippen LogP contribution < -0.4 is 5.73 Å². The lowest BCUT2D eigenvalue weighted by atomic mass is 9.75. The minimum absolute atomic E-state index is 0.0134. The Hall–Kier alpha value is -0.870. The van der Waals surface area contributed by atoms with Crippen LogP contribution in [0.1, 0.15) is 43.9 Å². The zero-order valence-corrected chi connectivity index (χ0v) is 13.0. The summed E-state index contributed by atoms with van der Waals surface area (Å²) in [7, 11) is 0. The standard InChI is InChI=1S/C16H25NO2S/c1-2-19-16(18)15-9-8-13(17)11-12(15)5-3-6-14-7-4-10-20-14/h4,7,10,12-13,15H,2-3,5-6,8-9,11,17H2,1H3/t12-,13+,15-/m0/s1. The number of carbonyl (C=O) groups excluding carboxylic acids is 1. The van der Waals surface area contributed by atoms with E-state index in [0.29, 0.717) is 12.5 Å². The molecule has 1 aliphatic rings. The van der Waals surface area contributed by atoms with E-state index in [9.17, 15) is 4.79 Å². The summed E-state index contributed by atoms with van der Waals surface area (Å²) in [6, 6.07) is 4.53. The van der Waals surface area contributed by atoms with Crippen molar-refractivity contribution in [2.24, 2.45) is 17.6 Å². The molecule has 4 heteroatoms. The van der Waals surface area contributed by atoms with E-state index in [4.69, 9.17) is 10.5 Å². The van der Waals surface area contributed by atoms with Crippen LogP contribution in [-0.4, -0.2) is 18.6 Å². The number of aryl methyl sites for hydroxylation is 1. The highest BCUT2D eigenvalue weighted by Gasteiger charge is 2.34. The quantitative estimate of drug-likeness (QED) is 0.819. The van der Waals surface area contributed by atoms with Crippen LogP contribution in [0.15, 0.2) is 17.5 Å². The molecule has 0 spiro atoms. The summed E-state index contributed by atoms with van der Waals surface area (Å²) in [4.78, 5) is 13.5. The molecular weight excluding hydrogens is 270 g/mol. The maximum absolute atomic E-state index is 12.0. The molecule has 1 aromatic heterocycles. The van der Waals surface area contributed by atoms with Crippen molar-refractivity contribution in [3.8, 4) is 0 Å². The summed E-state index contributed by atoms with van der Waals surface area (Å²) in [6.07, 6.45) is 6.13. The molecule has 20 heavy (non-hydrogen) atoms. The molecule has 0 bridgehead atoms. The highest BCUT2D eigenvalue weighted by Crippen LogP contribution is 2.34. The van der Waals surface area contributed by atoms with Gasteiger partial charge in [0.15, 0.2) is 0 Å². The van der Waals surface area contributed by atoms with Crippen LogP contribution in [0.3, 0.4) is 0 Å². The molecule has 3 nitrogen and oxygen atoms in total. The normalized spacial score (nSPS) is 26.4. The van der Waals surface area contributed by atoms with Gasteiger partial charge < -0.3 is 10.5 Å². The molecule has 0 amide bonds. The van der Waals surface area contributed by atoms with Crippen LogP contribution >= 0.6 is 11.3 Å². The van der Waals surface area contributed by atoms with Crippen LogP contribution in [0.4, 0.5) is 0 Å². The van der Waals surface area contributed by atoms with Crippen molar-refractivity contribution in [3.63, 3.8) is 0 Å². The number of thiophene rings is 1. The average molecular weight is 295 g/mol. The summed E-state index contributed by atoms with van der Waals surface area (Å²) >= 11 is 1.81. The second-order valence-corrected chi connectivity index (χ2v) is 6.70. The Balaban J connectivity index is 1.85. The van der Waals surface area contributed by atoms with E-state index < -0.39 is 0 Å². The molecule has 0 aromatic carbocycles. The van der Waals surface area contributed by atoms with Crippen molar-refractivity contribution >= 4 is 17.3 Å². The third kappa shape index (κ3) is 4.32. The van der Waals surface area contributed by atoms with E-state index in [1.54, 1.807) is 0 Å². The Labute approximate surface area is 125 Å². The van der Waals surface area contributed by atoms with Crippen LogP contribution in [-0.2, 0) is 16.0 Å². The van der Waals surface area contributed by atoms with Crippen LogP contribution in [0.5, 0.6) is 0 Å². The highest BCUT2D eigenvalue weighted by atomic mass is 32.1. The molecule has 0 radical (unpaired) electrons. The maximum atomic E-state index is 12.0. The number of hydrogen-bond acceptors (Lipinski definition) is 4. The van der Waals surface area contributed by atoms with Gasteiger partial charge in [0.1, 0.15) is 0 Å². The summed E-state index contributed by atoms with van der Waals surface area (Å²) in [5.41, 5.74) is 6.08. The molecule has 0 saturated heterocycles. The summed E-state index contributed by atoms with van der Waals surface area (Å²) in [6.45, 7) is 2.35. The molecule has 3 atom stereocenters. The third-order valence-corrected chi connectivity index (χ3v) is 5.13. The maximum Gasteiger partial charge on any atom is 0.309 e. The van der Waals surface area contributed by atoms with Gasteiger partial charge in [0.2, 0.25) is 0 Å². The van der Waals surface area contributed by atoms with Crippen molar-refractivity contribution in [1.82, 2.24) is 0 Å². The zero-order chi connectivity index (χ0) is 14.4. The number of esters is 1. The molecule has 2 rings (SSSR count). The minimum Gasteiger partial charge on any atom is -0.466 e. The van der Waals surface area contributed by atoms with Gasteiger partial charge in [-0.3, -0.25) is 4.79 Å². The smallest absolute Gasteiger partial charge is 0.309 e. The average Bonchev–Trinajstić information content (AvgIpc) is 2.92. The van der Waals surface area contributed by atoms with Crippen molar-refractivity contribution in [2.45, 2.75) is 51.5 Å². The first-order valence-electron chi connectivity index (χ1n) is 7.65. The molecule has 0 aliphatic heterocycles. The molecule has 2 N–H and O–H groups in total. The molecule has 1 fully saturated rings. The second-order valence-electron chi connectivity index (χ2n) is 5.66. The fraction of sp³-hybridized carbons (Fsp3) is 0.688. The molecule has 1 aromatic rings. The van der Waals surface area contributed by atoms with Gasteiger partial charge in [-0.15, -0.1) is 11.3 Å². The number of carbonyl (C=O) groups is 1. The van der Waals surface area contributed by atoms with E-state index in [0.717, 1.165) is 38.5 Å². The Morgan fingerprint density at radius 3 is 3.05 bits per heavy atom.